The third-order valence-electron chi connectivity index (χ3n) is 3.31. The normalized spacial score (nSPS) is 23.6. The molecule has 0 aliphatic heterocycles. The maximum atomic E-state index is 12.0. The highest BCUT2D eigenvalue weighted by atomic mass is 19.4. The van der Waals surface area contributed by atoms with Gasteiger partial charge in [0.15, 0.2) is 0 Å². The third-order valence-corrected chi connectivity index (χ3v) is 3.31. The first-order valence-corrected chi connectivity index (χ1v) is 6.64. The average Bonchev–Trinajstić information content (AvgIpc) is 2.36. The van der Waals surface area contributed by atoms with Crippen LogP contribution in [0.4, 0.5) is 13.2 Å². The van der Waals surface area contributed by atoms with E-state index in [0.717, 1.165) is 31.2 Å². The number of halogens is 3. The summed E-state index contributed by atoms with van der Waals surface area (Å²) in [6.07, 6.45) is -0.591. The lowest BCUT2D eigenvalue weighted by molar-refractivity contribution is -0.274. The van der Waals surface area contributed by atoms with E-state index < -0.39 is 6.36 Å². The third kappa shape index (κ3) is 5.02. The number of ether oxygens (including phenoxy) is 2. The number of nitrogens with two attached hydrogens (primary N) is 1. The molecule has 1 aliphatic carbocycles. The molecule has 2 rings (SSSR count). The summed E-state index contributed by atoms with van der Waals surface area (Å²) in [5.41, 5.74) is 6.69. The topological polar surface area (TPSA) is 44.5 Å². The lowest BCUT2D eigenvalue weighted by Crippen LogP contribution is -2.32. The molecule has 1 aromatic carbocycles. The molecule has 1 saturated carbocycles. The highest BCUT2D eigenvalue weighted by Crippen LogP contribution is 2.24. The van der Waals surface area contributed by atoms with Crippen LogP contribution in [0.1, 0.15) is 31.2 Å². The van der Waals surface area contributed by atoms with Crippen LogP contribution in [-0.2, 0) is 11.3 Å². The molecule has 0 radical (unpaired) electrons. The highest BCUT2D eigenvalue weighted by Gasteiger charge is 2.30. The Morgan fingerprint density at radius 3 is 2.45 bits per heavy atom. The molecule has 2 atom stereocenters. The van der Waals surface area contributed by atoms with Crippen LogP contribution < -0.4 is 10.5 Å². The molecule has 1 aromatic rings. The quantitative estimate of drug-likeness (QED) is 0.924. The predicted molar refractivity (Wildman–Crippen MR) is 68.1 cm³/mol. The zero-order valence-corrected chi connectivity index (χ0v) is 11.0. The van der Waals surface area contributed by atoms with E-state index in [1.807, 2.05) is 0 Å². The zero-order chi connectivity index (χ0) is 14.6. The van der Waals surface area contributed by atoms with Crippen LogP contribution in [0.3, 0.4) is 0 Å². The van der Waals surface area contributed by atoms with Crippen molar-refractivity contribution in [1.82, 2.24) is 0 Å². The molecule has 6 heteroatoms. The van der Waals surface area contributed by atoms with Crippen LogP contribution in [-0.4, -0.2) is 18.5 Å². The largest absolute Gasteiger partial charge is 0.573 e. The van der Waals surface area contributed by atoms with Crippen LogP contribution in [0.15, 0.2) is 24.3 Å². The van der Waals surface area contributed by atoms with Crippen molar-refractivity contribution in [2.24, 2.45) is 5.73 Å². The maximum absolute atomic E-state index is 12.0. The van der Waals surface area contributed by atoms with E-state index in [1.54, 1.807) is 12.1 Å². The molecule has 0 spiro atoms. The summed E-state index contributed by atoms with van der Waals surface area (Å²) in [4.78, 5) is 0. The Morgan fingerprint density at radius 2 is 1.85 bits per heavy atom. The summed E-state index contributed by atoms with van der Waals surface area (Å²) in [5.74, 6) is -0.221. The van der Waals surface area contributed by atoms with Crippen LogP contribution >= 0.6 is 0 Å². The fourth-order valence-electron chi connectivity index (χ4n) is 2.33. The lowest BCUT2D eigenvalue weighted by atomic mass is 9.93. The number of rotatable bonds is 4. The number of hydrogen-bond acceptors (Lipinski definition) is 3. The van der Waals surface area contributed by atoms with Crippen molar-refractivity contribution in [2.45, 2.75) is 50.8 Å². The average molecular weight is 289 g/mol. The van der Waals surface area contributed by atoms with Gasteiger partial charge in [-0.15, -0.1) is 13.2 Å². The Morgan fingerprint density at radius 1 is 1.15 bits per heavy atom. The Hall–Kier alpha value is -1.27. The molecule has 20 heavy (non-hydrogen) atoms. The summed E-state index contributed by atoms with van der Waals surface area (Å²) in [6.45, 7) is 0.379. The zero-order valence-electron chi connectivity index (χ0n) is 11.0. The number of hydrogen-bond donors (Lipinski definition) is 1. The molecular weight excluding hydrogens is 271 g/mol. The molecule has 2 N–H and O–H groups in total. The van der Waals surface area contributed by atoms with E-state index >= 15 is 0 Å². The van der Waals surface area contributed by atoms with E-state index in [2.05, 4.69) is 4.74 Å². The first kappa shape index (κ1) is 15.1. The van der Waals surface area contributed by atoms with Crippen molar-refractivity contribution in [3.8, 4) is 5.75 Å². The molecule has 2 unspecified atom stereocenters. The second kappa shape index (κ2) is 6.45. The van der Waals surface area contributed by atoms with Gasteiger partial charge < -0.3 is 15.2 Å². The van der Waals surface area contributed by atoms with Gasteiger partial charge in [0.05, 0.1) is 12.7 Å². The van der Waals surface area contributed by atoms with E-state index in [9.17, 15) is 13.2 Å². The number of benzene rings is 1. The van der Waals surface area contributed by atoms with E-state index in [0.29, 0.717) is 6.61 Å². The Balaban J connectivity index is 1.81. The Labute approximate surface area is 115 Å². The van der Waals surface area contributed by atoms with Crippen molar-refractivity contribution in [3.63, 3.8) is 0 Å². The predicted octanol–water partition coefficient (Wildman–Crippen LogP) is 3.37. The van der Waals surface area contributed by atoms with Crippen LogP contribution in [0, 0.1) is 0 Å². The SMILES string of the molecule is NC1CCCC(OCc2ccc(OC(F)(F)F)cc2)C1. The van der Waals surface area contributed by atoms with Gasteiger partial charge >= 0.3 is 6.36 Å². The molecule has 0 heterocycles. The fraction of sp³-hybridized carbons (Fsp3) is 0.571. The van der Waals surface area contributed by atoms with Crippen molar-refractivity contribution in [2.75, 3.05) is 0 Å². The second-order valence-electron chi connectivity index (χ2n) is 5.05. The van der Waals surface area contributed by atoms with Gasteiger partial charge in [-0.2, -0.15) is 0 Å². The smallest absolute Gasteiger partial charge is 0.406 e. The molecule has 3 nitrogen and oxygen atoms in total. The van der Waals surface area contributed by atoms with Gasteiger partial charge in [0, 0.05) is 6.04 Å². The van der Waals surface area contributed by atoms with Crippen LogP contribution in [0.25, 0.3) is 0 Å². The summed E-state index contributed by atoms with van der Waals surface area (Å²) in [6, 6.07) is 5.92. The van der Waals surface area contributed by atoms with Gasteiger partial charge in [-0.05, 0) is 43.4 Å². The number of alkyl halides is 3. The van der Waals surface area contributed by atoms with Crippen molar-refractivity contribution in [1.29, 1.82) is 0 Å². The van der Waals surface area contributed by atoms with Gasteiger partial charge in [0.2, 0.25) is 0 Å². The standard InChI is InChI=1S/C14H18F3NO2/c15-14(16,17)20-12-6-4-10(5-7-12)9-19-13-3-1-2-11(18)8-13/h4-7,11,13H,1-3,8-9,18H2. The minimum Gasteiger partial charge on any atom is -0.406 e. The Kier molecular flexibility index (Phi) is 4.88. The minimum atomic E-state index is -4.66. The first-order chi connectivity index (χ1) is 9.42. The van der Waals surface area contributed by atoms with Gasteiger partial charge in [-0.3, -0.25) is 0 Å². The molecule has 1 aliphatic rings. The van der Waals surface area contributed by atoms with Gasteiger partial charge in [0.25, 0.3) is 0 Å². The lowest BCUT2D eigenvalue weighted by Gasteiger charge is -2.26. The van der Waals surface area contributed by atoms with E-state index in [1.165, 1.54) is 12.1 Å². The van der Waals surface area contributed by atoms with Crippen molar-refractivity contribution < 1.29 is 22.6 Å². The first-order valence-electron chi connectivity index (χ1n) is 6.64. The molecule has 1 fully saturated rings. The van der Waals surface area contributed by atoms with Gasteiger partial charge in [-0.25, -0.2) is 0 Å². The summed E-state index contributed by atoms with van der Waals surface area (Å²) in [5, 5.41) is 0. The van der Waals surface area contributed by atoms with E-state index in [-0.39, 0.29) is 17.9 Å². The summed E-state index contributed by atoms with van der Waals surface area (Å²) in [7, 11) is 0. The molecule has 0 saturated heterocycles. The monoisotopic (exact) mass is 289 g/mol. The molecule has 0 amide bonds. The summed E-state index contributed by atoms with van der Waals surface area (Å²) >= 11 is 0. The maximum Gasteiger partial charge on any atom is 0.573 e. The summed E-state index contributed by atoms with van der Waals surface area (Å²) < 4.78 is 45.6. The van der Waals surface area contributed by atoms with Crippen LogP contribution in [0.2, 0.25) is 0 Å². The second-order valence-corrected chi connectivity index (χ2v) is 5.05. The minimum absolute atomic E-state index is 0.143. The van der Waals surface area contributed by atoms with E-state index in [4.69, 9.17) is 10.5 Å². The fourth-order valence-corrected chi connectivity index (χ4v) is 2.33. The van der Waals surface area contributed by atoms with Crippen molar-refractivity contribution in [3.05, 3.63) is 29.8 Å². The van der Waals surface area contributed by atoms with Crippen molar-refractivity contribution >= 4 is 0 Å². The highest BCUT2D eigenvalue weighted by molar-refractivity contribution is 5.27. The van der Waals surface area contributed by atoms with Gasteiger partial charge in [0.1, 0.15) is 5.75 Å². The Bertz CT molecular complexity index is 419. The van der Waals surface area contributed by atoms with Crippen LogP contribution in [0.5, 0.6) is 5.75 Å². The van der Waals surface area contributed by atoms with Gasteiger partial charge in [-0.1, -0.05) is 12.1 Å². The molecule has 112 valence electrons. The molecule has 0 aromatic heterocycles. The molecule has 0 bridgehead atoms. The molecular formula is C14H18F3NO2.